The monoisotopic (exact) mass is 434 g/mol. The van der Waals surface area contributed by atoms with E-state index < -0.39 is 0 Å². The predicted octanol–water partition coefficient (Wildman–Crippen LogP) is 9.61. The molecule has 0 heteroatoms. The fourth-order valence-electron chi connectivity index (χ4n) is 5.34. The van der Waals surface area contributed by atoms with E-state index in [1.54, 1.807) is 0 Å². The van der Waals surface area contributed by atoms with E-state index in [0.29, 0.717) is 0 Å². The number of rotatable bonds is 3. The molecule has 0 fully saturated rings. The van der Waals surface area contributed by atoms with Crippen molar-refractivity contribution in [3.05, 3.63) is 132 Å². The van der Waals surface area contributed by atoms with Gasteiger partial charge < -0.3 is 0 Å². The van der Waals surface area contributed by atoms with E-state index in [-0.39, 0.29) is 0 Å². The smallest absolute Gasteiger partial charge is 0.00141 e. The summed E-state index contributed by atoms with van der Waals surface area (Å²) in [5.41, 5.74) is 10.3. The van der Waals surface area contributed by atoms with Crippen LogP contribution < -0.4 is 0 Å². The molecule has 0 aromatic heterocycles. The molecule has 0 saturated heterocycles. The molecule has 34 heavy (non-hydrogen) atoms. The Bertz CT molecular complexity index is 1510. The topological polar surface area (TPSA) is 0 Å². The highest BCUT2D eigenvalue weighted by Crippen LogP contribution is 2.47. The Morgan fingerprint density at radius 3 is 1.06 bits per heavy atom. The van der Waals surface area contributed by atoms with E-state index in [1.165, 1.54) is 66.1 Å². The van der Waals surface area contributed by atoms with E-state index >= 15 is 0 Å². The molecule has 0 spiro atoms. The summed E-state index contributed by atoms with van der Waals surface area (Å²) in [6.45, 7) is 4.45. The van der Waals surface area contributed by atoms with Gasteiger partial charge >= 0.3 is 0 Å². The van der Waals surface area contributed by atoms with Gasteiger partial charge in [0.15, 0.2) is 0 Å². The van der Waals surface area contributed by atoms with E-state index in [4.69, 9.17) is 0 Å². The van der Waals surface area contributed by atoms with Crippen LogP contribution in [0.2, 0.25) is 0 Å². The highest BCUT2D eigenvalue weighted by molar-refractivity contribution is 6.16. The van der Waals surface area contributed by atoms with Crippen LogP contribution in [-0.4, -0.2) is 0 Å². The van der Waals surface area contributed by atoms with E-state index in [9.17, 15) is 0 Å². The molecule has 0 saturated carbocycles. The normalized spacial score (nSPS) is 11.2. The molecule has 0 N–H and O–H groups in total. The van der Waals surface area contributed by atoms with Crippen LogP contribution in [0.3, 0.4) is 0 Å². The summed E-state index contributed by atoms with van der Waals surface area (Å²) in [6, 6.07) is 44.1. The summed E-state index contributed by atoms with van der Waals surface area (Å²) in [5.74, 6) is 0. The molecular formula is C34H26. The predicted molar refractivity (Wildman–Crippen MR) is 147 cm³/mol. The lowest BCUT2D eigenvalue weighted by atomic mass is 9.81. The SMILES string of the molecule is Cc1cc(-c2ccccc2)c(-c2c(-c3ccccc3)cc(C)c3ccccc23)c2ccccc12. The first-order chi connectivity index (χ1) is 16.7. The second-order valence-corrected chi connectivity index (χ2v) is 9.06. The Labute approximate surface area is 201 Å². The maximum Gasteiger partial charge on any atom is -0.00141 e. The zero-order chi connectivity index (χ0) is 23.1. The average Bonchev–Trinajstić information content (AvgIpc) is 2.90. The van der Waals surface area contributed by atoms with Crippen molar-refractivity contribution in [3.63, 3.8) is 0 Å². The zero-order valence-electron chi connectivity index (χ0n) is 19.5. The fraction of sp³-hybridized carbons (Fsp3) is 0.0588. The minimum Gasteiger partial charge on any atom is -0.0622 e. The molecular weight excluding hydrogens is 408 g/mol. The third-order valence-electron chi connectivity index (χ3n) is 6.92. The van der Waals surface area contributed by atoms with E-state index in [2.05, 4.69) is 135 Å². The first-order valence-corrected chi connectivity index (χ1v) is 11.9. The minimum atomic E-state index is 1.25. The number of hydrogen-bond acceptors (Lipinski definition) is 0. The Balaban J connectivity index is 1.86. The Hall–Kier alpha value is -4.16. The summed E-state index contributed by atoms with van der Waals surface area (Å²) >= 11 is 0. The lowest BCUT2D eigenvalue weighted by molar-refractivity contribution is 1.49. The van der Waals surface area contributed by atoms with Crippen LogP contribution >= 0.6 is 0 Å². The average molecular weight is 435 g/mol. The Morgan fingerprint density at radius 2 is 0.676 bits per heavy atom. The summed E-state index contributed by atoms with van der Waals surface area (Å²) in [6.07, 6.45) is 0. The number of benzene rings is 6. The molecule has 0 heterocycles. The molecule has 0 aliphatic heterocycles. The van der Waals surface area contributed by atoms with Gasteiger partial charge in [0.25, 0.3) is 0 Å². The first-order valence-electron chi connectivity index (χ1n) is 11.9. The van der Waals surface area contributed by atoms with Gasteiger partial charge in [-0.3, -0.25) is 0 Å². The highest BCUT2D eigenvalue weighted by Gasteiger charge is 2.20. The van der Waals surface area contributed by atoms with Crippen molar-refractivity contribution in [2.75, 3.05) is 0 Å². The molecule has 0 unspecified atom stereocenters. The molecule has 0 atom stereocenters. The van der Waals surface area contributed by atoms with Crippen LogP contribution in [0.25, 0.3) is 54.9 Å². The second kappa shape index (κ2) is 8.32. The minimum absolute atomic E-state index is 1.25. The largest absolute Gasteiger partial charge is 0.0622 e. The highest BCUT2D eigenvalue weighted by atomic mass is 14.2. The van der Waals surface area contributed by atoms with E-state index in [0.717, 1.165) is 0 Å². The molecule has 6 aromatic carbocycles. The van der Waals surface area contributed by atoms with Gasteiger partial charge in [0.05, 0.1) is 0 Å². The maximum absolute atomic E-state index is 2.37. The Morgan fingerprint density at radius 1 is 0.353 bits per heavy atom. The van der Waals surface area contributed by atoms with Crippen molar-refractivity contribution in [1.82, 2.24) is 0 Å². The molecule has 0 aliphatic rings. The lowest BCUT2D eigenvalue weighted by Gasteiger charge is -2.22. The summed E-state index contributed by atoms with van der Waals surface area (Å²) in [5, 5.41) is 5.21. The molecule has 6 rings (SSSR count). The molecule has 162 valence electrons. The maximum atomic E-state index is 2.37. The van der Waals surface area contributed by atoms with Gasteiger partial charge in [-0.2, -0.15) is 0 Å². The van der Waals surface area contributed by atoms with Gasteiger partial charge in [0.1, 0.15) is 0 Å². The van der Waals surface area contributed by atoms with Gasteiger partial charge in [0.2, 0.25) is 0 Å². The van der Waals surface area contributed by atoms with Crippen LogP contribution in [0.15, 0.2) is 121 Å². The molecule has 0 aliphatic carbocycles. The molecule has 0 nitrogen and oxygen atoms in total. The quantitative estimate of drug-likeness (QED) is 0.260. The second-order valence-electron chi connectivity index (χ2n) is 9.06. The number of fused-ring (bicyclic) bond motifs is 2. The molecule has 6 aromatic rings. The van der Waals surface area contributed by atoms with Crippen LogP contribution in [0.5, 0.6) is 0 Å². The third-order valence-corrected chi connectivity index (χ3v) is 6.92. The van der Waals surface area contributed by atoms with Crippen molar-refractivity contribution in [1.29, 1.82) is 0 Å². The van der Waals surface area contributed by atoms with Gasteiger partial charge in [-0.25, -0.2) is 0 Å². The van der Waals surface area contributed by atoms with Gasteiger partial charge in [-0.1, -0.05) is 121 Å². The summed E-state index contributed by atoms with van der Waals surface area (Å²) < 4.78 is 0. The zero-order valence-corrected chi connectivity index (χ0v) is 19.5. The Kier molecular flexibility index (Phi) is 5.00. The van der Waals surface area contributed by atoms with Crippen LogP contribution in [0.4, 0.5) is 0 Å². The summed E-state index contributed by atoms with van der Waals surface area (Å²) in [4.78, 5) is 0. The van der Waals surface area contributed by atoms with Crippen LogP contribution in [-0.2, 0) is 0 Å². The standard InChI is InChI=1S/C34H26/c1-23-21-31(25-13-5-3-6-14-25)33(29-19-11-9-17-27(23)29)34-30-20-12-10-18-28(30)24(2)22-32(34)26-15-7-4-8-16-26/h3-22H,1-2H3. The summed E-state index contributed by atoms with van der Waals surface area (Å²) in [7, 11) is 0. The molecule has 0 bridgehead atoms. The molecule has 0 amide bonds. The van der Waals surface area contributed by atoms with Crippen molar-refractivity contribution in [2.45, 2.75) is 13.8 Å². The van der Waals surface area contributed by atoms with Crippen molar-refractivity contribution >= 4 is 21.5 Å². The van der Waals surface area contributed by atoms with Crippen molar-refractivity contribution in [2.24, 2.45) is 0 Å². The van der Waals surface area contributed by atoms with Gasteiger partial charge in [-0.05, 0) is 79.9 Å². The number of aryl methyl sites for hydroxylation is 2. The van der Waals surface area contributed by atoms with Gasteiger partial charge in [0, 0.05) is 0 Å². The lowest BCUT2D eigenvalue weighted by Crippen LogP contribution is -1.96. The van der Waals surface area contributed by atoms with E-state index in [1.807, 2.05) is 0 Å². The van der Waals surface area contributed by atoms with Crippen molar-refractivity contribution in [3.8, 4) is 33.4 Å². The van der Waals surface area contributed by atoms with Crippen LogP contribution in [0.1, 0.15) is 11.1 Å². The molecule has 0 radical (unpaired) electrons. The number of hydrogen-bond donors (Lipinski definition) is 0. The first kappa shape index (κ1) is 20.4. The fourth-order valence-corrected chi connectivity index (χ4v) is 5.34. The van der Waals surface area contributed by atoms with Crippen molar-refractivity contribution < 1.29 is 0 Å². The third kappa shape index (κ3) is 3.31. The van der Waals surface area contributed by atoms with Gasteiger partial charge in [-0.15, -0.1) is 0 Å². The van der Waals surface area contributed by atoms with Crippen LogP contribution in [0, 0.1) is 13.8 Å².